The predicted octanol–water partition coefficient (Wildman–Crippen LogP) is 5.14. The summed E-state index contributed by atoms with van der Waals surface area (Å²) in [7, 11) is 1.68. The number of rotatable bonds is 9. The zero-order valence-electron chi connectivity index (χ0n) is 15.1. The standard InChI is InChI=1S/C20H28F2O3/c1-3-12-24-17-10-11-18(20(22)19(17)21)25-14-16-8-6-15(7-9-16)5-4-13-23-2/h4-5,10-11,15-16H,3,6-9,12-14H2,1-2H3/b5-4+/t15-,16-. The second kappa shape index (κ2) is 10.4. The predicted molar refractivity (Wildman–Crippen MR) is 94.1 cm³/mol. The number of benzene rings is 1. The van der Waals surface area contributed by atoms with Gasteiger partial charge in [-0.3, -0.25) is 0 Å². The minimum Gasteiger partial charge on any atom is -0.490 e. The van der Waals surface area contributed by atoms with Crippen LogP contribution in [0.25, 0.3) is 0 Å². The van der Waals surface area contributed by atoms with Gasteiger partial charge in [0.15, 0.2) is 11.5 Å². The van der Waals surface area contributed by atoms with E-state index in [-0.39, 0.29) is 11.5 Å². The van der Waals surface area contributed by atoms with E-state index < -0.39 is 11.6 Å². The molecule has 25 heavy (non-hydrogen) atoms. The smallest absolute Gasteiger partial charge is 0.204 e. The molecular formula is C20H28F2O3. The van der Waals surface area contributed by atoms with Gasteiger partial charge in [0.05, 0.1) is 19.8 Å². The SMILES string of the molecule is CCCOc1ccc(OC[C@H]2CC[C@H](/C=C/COC)CC2)c(F)c1F. The molecule has 0 radical (unpaired) electrons. The van der Waals surface area contributed by atoms with Gasteiger partial charge in [-0.15, -0.1) is 0 Å². The second-order valence-corrected chi connectivity index (χ2v) is 6.51. The lowest BCUT2D eigenvalue weighted by atomic mass is 9.82. The van der Waals surface area contributed by atoms with Crippen molar-refractivity contribution >= 4 is 0 Å². The highest BCUT2D eigenvalue weighted by molar-refractivity contribution is 5.35. The highest BCUT2D eigenvalue weighted by Gasteiger charge is 2.21. The Morgan fingerprint density at radius 2 is 1.68 bits per heavy atom. The van der Waals surface area contributed by atoms with Crippen LogP contribution in [0.15, 0.2) is 24.3 Å². The summed E-state index contributed by atoms with van der Waals surface area (Å²) in [4.78, 5) is 0. The maximum atomic E-state index is 14.1. The summed E-state index contributed by atoms with van der Waals surface area (Å²) in [6.45, 7) is 3.33. The third-order valence-corrected chi connectivity index (χ3v) is 4.51. The van der Waals surface area contributed by atoms with Crippen molar-refractivity contribution in [3.05, 3.63) is 35.9 Å². The van der Waals surface area contributed by atoms with E-state index in [1.54, 1.807) is 7.11 Å². The molecule has 1 aliphatic carbocycles. The van der Waals surface area contributed by atoms with Crippen LogP contribution >= 0.6 is 0 Å². The van der Waals surface area contributed by atoms with E-state index in [0.29, 0.717) is 31.7 Å². The van der Waals surface area contributed by atoms with Crippen molar-refractivity contribution in [3.8, 4) is 11.5 Å². The van der Waals surface area contributed by atoms with Crippen molar-refractivity contribution in [2.24, 2.45) is 11.8 Å². The Hall–Kier alpha value is -1.62. The van der Waals surface area contributed by atoms with Crippen LogP contribution in [0.3, 0.4) is 0 Å². The minimum absolute atomic E-state index is 0.0385. The molecule has 5 heteroatoms. The van der Waals surface area contributed by atoms with Crippen molar-refractivity contribution in [1.29, 1.82) is 0 Å². The van der Waals surface area contributed by atoms with E-state index in [2.05, 4.69) is 12.2 Å². The van der Waals surface area contributed by atoms with Crippen LogP contribution in [-0.4, -0.2) is 26.9 Å². The van der Waals surface area contributed by atoms with Gasteiger partial charge in [-0.05, 0) is 56.1 Å². The van der Waals surface area contributed by atoms with Crippen LogP contribution in [0.1, 0.15) is 39.0 Å². The second-order valence-electron chi connectivity index (χ2n) is 6.51. The van der Waals surface area contributed by atoms with Crippen molar-refractivity contribution < 1.29 is 23.0 Å². The Labute approximate surface area is 149 Å². The van der Waals surface area contributed by atoms with Crippen LogP contribution in [-0.2, 0) is 4.74 Å². The molecular weight excluding hydrogens is 326 g/mol. The summed E-state index contributed by atoms with van der Waals surface area (Å²) >= 11 is 0. The number of ether oxygens (including phenoxy) is 3. The van der Waals surface area contributed by atoms with E-state index in [1.165, 1.54) is 12.1 Å². The number of hydrogen-bond acceptors (Lipinski definition) is 3. The average Bonchev–Trinajstić information content (AvgIpc) is 2.63. The fourth-order valence-corrected chi connectivity index (χ4v) is 3.05. The van der Waals surface area contributed by atoms with Crippen LogP contribution in [0.2, 0.25) is 0 Å². The maximum absolute atomic E-state index is 14.1. The first-order valence-corrected chi connectivity index (χ1v) is 9.04. The molecule has 1 aromatic carbocycles. The van der Waals surface area contributed by atoms with Crippen LogP contribution in [0.4, 0.5) is 8.78 Å². The zero-order chi connectivity index (χ0) is 18.1. The quantitative estimate of drug-likeness (QED) is 0.575. The lowest BCUT2D eigenvalue weighted by Gasteiger charge is -2.26. The summed E-state index contributed by atoms with van der Waals surface area (Å²) in [5, 5.41) is 0. The summed E-state index contributed by atoms with van der Waals surface area (Å²) in [5.41, 5.74) is 0. The number of methoxy groups -OCH3 is 1. The van der Waals surface area contributed by atoms with Crippen LogP contribution in [0.5, 0.6) is 11.5 Å². The Bertz CT molecular complexity index is 552. The third kappa shape index (κ3) is 5.99. The average molecular weight is 354 g/mol. The number of hydrogen-bond donors (Lipinski definition) is 0. The molecule has 0 N–H and O–H groups in total. The van der Waals surface area contributed by atoms with E-state index in [4.69, 9.17) is 14.2 Å². The van der Waals surface area contributed by atoms with Gasteiger partial charge < -0.3 is 14.2 Å². The lowest BCUT2D eigenvalue weighted by molar-refractivity contribution is 0.186. The normalized spacial score (nSPS) is 20.8. The Balaban J connectivity index is 1.81. The van der Waals surface area contributed by atoms with Gasteiger partial charge in [0.2, 0.25) is 11.6 Å². The van der Waals surface area contributed by atoms with Gasteiger partial charge in [0.25, 0.3) is 0 Å². The Morgan fingerprint density at radius 1 is 1.04 bits per heavy atom. The monoisotopic (exact) mass is 354 g/mol. The van der Waals surface area contributed by atoms with Gasteiger partial charge >= 0.3 is 0 Å². The molecule has 3 nitrogen and oxygen atoms in total. The summed E-state index contributed by atoms with van der Waals surface area (Å²) < 4.78 is 43.8. The van der Waals surface area contributed by atoms with Crippen molar-refractivity contribution in [2.75, 3.05) is 26.9 Å². The first-order chi connectivity index (χ1) is 12.2. The van der Waals surface area contributed by atoms with Crippen molar-refractivity contribution in [2.45, 2.75) is 39.0 Å². The molecule has 0 saturated heterocycles. The minimum atomic E-state index is -0.974. The molecule has 0 aliphatic heterocycles. The summed E-state index contributed by atoms with van der Waals surface area (Å²) in [5.74, 6) is -1.08. The maximum Gasteiger partial charge on any atom is 0.204 e. The van der Waals surface area contributed by atoms with Crippen LogP contribution in [0, 0.1) is 23.5 Å². The molecule has 1 aromatic rings. The zero-order valence-corrected chi connectivity index (χ0v) is 15.1. The molecule has 0 spiro atoms. The van der Waals surface area contributed by atoms with Crippen molar-refractivity contribution in [1.82, 2.24) is 0 Å². The highest BCUT2D eigenvalue weighted by atomic mass is 19.2. The van der Waals surface area contributed by atoms with E-state index >= 15 is 0 Å². The topological polar surface area (TPSA) is 27.7 Å². The first kappa shape index (κ1) is 19.7. The fraction of sp³-hybridized carbons (Fsp3) is 0.600. The van der Waals surface area contributed by atoms with Gasteiger partial charge in [-0.1, -0.05) is 19.1 Å². The molecule has 0 heterocycles. The summed E-state index contributed by atoms with van der Waals surface area (Å²) in [6.07, 6.45) is 9.26. The van der Waals surface area contributed by atoms with Crippen molar-refractivity contribution in [3.63, 3.8) is 0 Å². The van der Waals surface area contributed by atoms with Crippen LogP contribution < -0.4 is 9.47 Å². The number of allylic oxidation sites excluding steroid dienone is 1. The largest absolute Gasteiger partial charge is 0.490 e. The first-order valence-electron chi connectivity index (χ1n) is 9.04. The van der Waals surface area contributed by atoms with Gasteiger partial charge in [-0.2, -0.15) is 8.78 Å². The molecule has 140 valence electrons. The fourth-order valence-electron chi connectivity index (χ4n) is 3.05. The third-order valence-electron chi connectivity index (χ3n) is 4.51. The summed E-state index contributed by atoms with van der Waals surface area (Å²) in [6, 6.07) is 2.88. The molecule has 1 saturated carbocycles. The Kier molecular flexibility index (Phi) is 8.19. The Morgan fingerprint density at radius 3 is 2.28 bits per heavy atom. The molecule has 0 amide bonds. The molecule has 0 atom stereocenters. The highest BCUT2D eigenvalue weighted by Crippen LogP contribution is 2.32. The van der Waals surface area contributed by atoms with Gasteiger partial charge in [-0.25, -0.2) is 0 Å². The number of halogens is 2. The van der Waals surface area contributed by atoms with E-state index in [0.717, 1.165) is 32.1 Å². The molecule has 1 aliphatic rings. The van der Waals surface area contributed by atoms with E-state index in [1.807, 2.05) is 6.92 Å². The van der Waals surface area contributed by atoms with Gasteiger partial charge in [0, 0.05) is 7.11 Å². The molecule has 0 aromatic heterocycles. The molecule has 1 fully saturated rings. The molecule has 0 bridgehead atoms. The lowest BCUT2D eigenvalue weighted by Crippen LogP contribution is -2.19. The van der Waals surface area contributed by atoms with E-state index in [9.17, 15) is 8.78 Å². The molecule has 0 unspecified atom stereocenters. The van der Waals surface area contributed by atoms with Gasteiger partial charge in [0.1, 0.15) is 0 Å². The molecule has 2 rings (SSSR count).